The van der Waals surface area contributed by atoms with Crippen molar-refractivity contribution in [1.29, 1.82) is 0 Å². The summed E-state index contributed by atoms with van der Waals surface area (Å²) in [7, 11) is 0. The van der Waals surface area contributed by atoms with E-state index in [1.807, 2.05) is 62.4 Å². The minimum Gasteiger partial charge on any atom is -0.444 e. The van der Waals surface area contributed by atoms with Crippen LogP contribution in [0.4, 0.5) is 10.1 Å². The zero-order chi connectivity index (χ0) is 22.0. The highest BCUT2D eigenvalue weighted by Crippen LogP contribution is 2.41. The number of nitrogens with zero attached hydrogens (tertiary/aromatic N) is 2. The number of hydrogen-bond donors (Lipinski definition) is 1. The molecule has 0 spiro atoms. The van der Waals surface area contributed by atoms with Crippen molar-refractivity contribution in [3.63, 3.8) is 0 Å². The topological polar surface area (TPSA) is 94.4 Å². The van der Waals surface area contributed by atoms with E-state index in [4.69, 9.17) is 4.74 Å². The summed E-state index contributed by atoms with van der Waals surface area (Å²) in [4.78, 5) is 27.7. The number of amides is 1. The number of para-hydroxylation sites is 1. The minimum atomic E-state index is -0.519. The molecule has 0 aliphatic carbocycles. The Morgan fingerprint density at radius 1 is 1.03 bits per heavy atom. The first-order valence-corrected chi connectivity index (χ1v) is 10.9. The molecule has 0 unspecified atom stereocenters. The third-order valence-electron chi connectivity index (χ3n) is 4.43. The number of carbonyl (C=O) groups is 1. The summed E-state index contributed by atoms with van der Waals surface area (Å²) in [5.41, 5.74) is 3.56. The predicted octanol–water partition coefficient (Wildman–Crippen LogP) is 6.44. The third kappa shape index (κ3) is 4.62. The molecular weight excluding hydrogens is 434 g/mol. The Morgan fingerprint density at radius 2 is 1.77 bits per heavy atom. The van der Waals surface area contributed by atoms with Crippen LogP contribution in [0, 0.1) is 24.0 Å². The van der Waals surface area contributed by atoms with E-state index in [1.54, 1.807) is 0 Å². The van der Waals surface area contributed by atoms with E-state index in [-0.39, 0.29) is 9.88 Å². The first kappa shape index (κ1) is 20.7. The molecule has 0 atom stereocenters. The number of carbonyl (C=O) groups excluding carboxylic acids is 1. The van der Waals surface area contributed by atoms with Crippen molar-refractivity contribution in [2.45, 2.75) is 13.8 Å². The Kier molecular flexibility index (Phi) is 5.79. The fourth-order valence-electron chi connectivity index (χ4n) is 2.80. The molecule has 1 amide bonds. The standard InChI is InChI=1S/C22H17N3O4S2/c1-13-7-9-15(10-8-13)19-21(29-16-6-4-3-5-14(16)2)31-22(23-19)24-20(26)17-11-12-18(30-17)25(27)28/h3-12H,1-2H3,(H,23,24,26). The number of ether oxygens (including phenoxy) is 1. The SMILES string of the molecule is Cc1ccc(-c2nc(NC(=O)c3ccc([N+](=O)[O-])s3)sc2Oc2ccccc2C)cc1. The average molecular weight is 452 g/mol. The molecule has 4 rings (SSSR count). The van der Waals surface area contributed by atoms with Gasteiger partial charge in [-0.25, -0.2) is 4.98 Å². The maximum absolute atomic E-state index is 12.6. The van der Waals surface area contributed by atoms with Crippen LogP contribution in [-0.2, 0) is 0 Å². The molecule has 1 N–H and O–H groups in total. The number of thiazole rings is 1. The lowest BCUT2D eigenvalue weighted by atomic mass is 10.1. The average Bonchev–Trinajstić information content (AvgIpc) is 3.38. The highest BCUT2D eigenvalue weighted by Gasteiger charge is 2.20. The molecule has 9 heteroatoms. The van der Waals surface area contributed by atoms with Crippen molar-refractivity contribution in [2.24, 2.45) is 0 Å². The van der Waals surface area contributed by atoms with Gasteiger partial charge in [-0.2, -0.15) is 0 Å². The molecule has 0 aliphatic heterocycles. The van der Waals surface area contributed by atoms with E-state index in [0.717, 1.165) is 28.0 Å². The van der Waals surface area contributed by atoms with Gasteiger partial charge in [-0.05, 0) is 31.5 Å². The van der Waals surface area contributed by atoms with Gasteiger partial charge in [0.05, 0.1) is 9.80 Å². The number of aryl methyl sites for hydroxylation is 2. The Morgan fingerprint density at radius 3 is 2.45 bits per heavy atom. The largest absolute Gasteiger partial charge is 0.444 e. The summed E-state index contributed by atoms with van der Waals surface area (Å²) in [5.74, 6) is 0.246. The minimum absolute atomic E-state index is 0.0896. The van der Waals surface area contributed by atoms with Crippen LogP contribution >= 0.6 is 22.7 Å². The van der Waals surface area contributed by atoms with Gasteiger partial charge in [-0.3, -0.25) is 20.2 Å². The van der Waals surface area contributed by atoms with Crippen LogP contribution in [0.3, 0.4) is 0 Å². The lowest BCUT2D eigenvalue weighted by Crippen LogP contribution is -2.09. The van der Waals surface area contributed by atoms with Crippen molar-refractivity contribution in [2.75, 3.05) is 5.32 Å². The Labute approximate surface area is 186 Å². The van der Waals surface area contributed by atoms with Crippen LogP contribution in [0.15, 0.2) is 60.7 Å². The third-order valence-corrected chi connectivity index (χ3v) is 6.32. The molecular formula is C22H17N3O4S2. The summed E-state index contributed by atoms with van der Waals surface area (Å²) in [6.07, 6.45) is 0. The van der Waals surface area contributed by atoms with E-state index in [9.17, 15) is 14.9 Å². The second-order valence-corrected chi connectivity index (χ2v) is 8.76. The monoisotopic (exact) mass is 451 g/mol. The van der Waals surface area contributed by atoms with Gasteiger partial charge in [0, 0.05) is 11.6 Å². The summed E-state index contributed by atoms with van der Waals surface area (Å²) >= 11 is 2.02. The summed E-state index contributed by atoms with van der Waals surface area (Å²) < 4.78 is 6.15. The Balaban J connectivity index is 1.66. The predicted molar refractivity (Wildman–Crippen MR) is 122 cm³/mol. The molecule has 0 bridgehead atoms. The van der Waals surface area contributed by atoms with Gasteiger partial charge in [-0.1, -0.05) is 70.7 Å². The van der Waals surface area contributed by atoms with Gasteiger partial charge in [0.1, 0.15) is 11.4 Å². The number of rotatable bonds is 6. The van der Waals surface area contributed by atoms with Crippen molar-refractivity contribution in [3.05, 3.63) is 86.8 Å². The van der Waals surface area contributed by atoms with Gasteiger partial charge in [0.2, 0.25) is 5.06 Å². The van der Waals surface area contributed by atoms with Crippen LogP contribution in [0.5, 0.6) is 10.8 Å². The smallest absolute Gasteiger partial charge is 0.324 e. The van der Waals surface area contributed by atoms with E-state index >= 15 is 0 Å². The number of anilines is 1. The number of aromatic nitrogens is 1. The molecule has 0 saturated carbocycles. The van der Waals surface area contributed by atoms with Gasteiger partial charge < -0.3 is 4.74 Å². The fourth-order valence-corrected chi connectivity index (χ4v) is 4.36. The second-order valence-electron chi connectivity index (χ2n) is 6.74. The fraction of sp³-hybridized carbons (Fsp3) is 0.0909. The summed E-state index contributed by atoms with van der Waals surface area (Å²) in [6, 6.07) is 18.2. The maximum atomic E-state index is 12.6. The zero-order valence-electron chi connectivity index (χ0n) is 16.6. The number of nitro groups is 1. The van der Waals surface area contributed by atoms with Crippen LogP contribution < -0.4 is 10.1 Å². The molecule has 0 saturated heterocycles. The normalized spacial score (nSPS) is 10.6. The van der Waals surface area contributed by atoms with Gasteiger partial charge in [0.25, 0.3) is 5.91 Å². The Hall–Kier alpha value is -3.56. The van der Waals surface area contributed by atoms with Crippen molar-refractivity contribution >= 4 is 38.7 Å². The van der Waals surface area contributed by atoms with E-state index in [1.165, 1.54) is 23.5 Å². The van der Waals surface area contributed by atoms with Gasteiger partial charge >= 0.3 is 5.00 Å². The number of hydrogen-bond acceptors (Lipinski definition) is 7. The van der Waals surface area contributed by atoms with Gasteiger partial charge in [0.15, 0.2) is 5.13 Å². The van der Waals surface area contributed by atoms with Crippen LogP contribution in [0.25, 0.3) is 11.3 Å². The first-order valence-electron chi connectivity index (χ1n) is 9.27. The van der Waals surface area contributed by atoms with Crippen molar-refractivity contribution < 1.29 is 14.5 Å². The molecule has 0 aliphatic rings. The first-order chi connectivity index (χ1) is 14.9. The molecule has 4 aromatic rings. The molecule has 0 radical (unpaired) electrons. The lowest BCUT2D eigenvalue weighted by Gasteiger charge is -2.08. The second kappa shape index (κ2) is 8.66. The highest BCUT2D eigenvalue weighted by molar-refractivity contribution is 7.19. The molecule has 2 heterocycles. The van der Waals surface area contributed by atoms with Gasteiger partial charge in [-0.15, -0.1) is 0 Å². The van der Waals surface area contributed by atoms with E-state index in [0.29, 0.717) is 21.6 Å². The molecule has 2 aromatic carbocycles. The Bertz CT molecular complexity index is 1260. The van der Waals surface area contributed by atoms with Crippen molar-refractivity contribution in [1.82, 2.24) is 4.98 Å². The number of nitrogens with one attached hydrogen (secondary N) is 1. The number of thiophene rings is 1. The molecule has 156 valence electrons. The highest BCUT2D eigenvalue weighted by atomic mass is 32.1. The van der Waals surface area contributed by atoms with Crippen LogP contribution in [-0.4, -0.2) is 15.8 Å². The lowest BCUT2D eigenvalue weighted by molar-refractivity contribution is -0.380. The van der Waals surface area contributed by atoms with Crippen LogP contribution in [0.1, 0.15) is 20.8 Å². The van der Waals surface area contributed by atoms with E-state index < -0.39 is 10.8 Å². The molecule has 31 heavy (non-hydrogen) atoms. The quantitative estimate of drug-likeness (QED) is 0.269. The van der Waals surface area contributed by atoms with Crippen molar-refractivity contribution in [3.8, 4) is 22.1 Å². The molecule has 0 fully saturated rings. The molecule has 7 nitrogen and oxygen atoms in total. The van der Waals surface area contributed by atoms with E-state index in [2.05, 4.69) is 10.3 Å². The molecule has 2 aromatic heterocycles. The van der Waals surface area contributed by atoms with Crippen LogP contribution in [0.2, 0.25) is 0 Å². The summed E-state index contributed by atoms with van der Waals surface area (Å²) in [5, 5.41) is 14.4. The maximum Gasteiger partial charge on any atom is 0.324 e. The zero-order valence-corrected chi connectivity index (χ0v) is 18.3. The number of benzene rings is 2. The summed E-state index contributed by atoms with van der Waals surface area (Å²) in [6.45, 7) is 3.95.